The van der Waals surface area contributed by atoms with Gasteiger partial charge in [0.25, 0.3) is 0 Å². The molecule has 4 nitrogen and oxygen atoms in total. The van der Waals surface area contributed by atoms with Gasteiger partial charge in [0.2, 0.25) is 0 Å². The van der Waals surface area contributed by atoms with E-state index < -0.39 is 0 Å². The Morgan fingerprint density at radius 2 is 2.70 bits per heavy atom. The molecule has 52 valence electrons. The van der Waals surface area contributed by atoms with Gasteiger partial charge in [0.05, 0.1) is 24.1 Å². The summed E-state index contributed by atoms with van der Waals surface area (Å²) in [6.07, 6.45) is 2.36. The van der Waals surface area contributed by atoms with Crippen molar-refractivity contribution in [1.29, 1.82) is 0 Å². The molecular formula is C6H6N2O2. The first-order valence-electron chi connectivity index (χ1n) is 2.99. The normalized spacial score (nSPS) is 15.2. The minimum atomic E-state index is 0.475. The fourth-order valence-corrected chi connectivity index (χ4v) is 1.02. The molecule has 0 fully saturated rings. The number of carbonyl (C=O) groups is 1. The molecule has 1 aliphatic heterocycles. The van der Waals surface area contributed by atoms with Crippen molar-refractivity contribution in [2.45, 2.75) is 13.3 Å². The number of aldehydes is 1. The maximum Gasteiger partial charge on any atom is 0.153 e. The second kappa shape index (κ2) is 1.91. The van der Waals surface area contributed by atoms with E-state index >= 15 is 0 Å². The van der Waals surface area contributed by atoms with Crippen LogP contribution in [-0.2, 0) is 18.1 Å². The largest absolute Gasteiger partial charge is 0.353 e. The molecule has 4 heteroatoms. The quantitative estimate of drug-likeness (QED) is 0.520. The van der Waals surface area contributed by atoms with Crippen molar-refractivity contribution in [2.75, 3.05) is 0 Å². The molecule has 0 saturated heterocycles. The van der Waals surface area contributed by atoms with Crippen molar-refractivity contribution >= 4 is 6.29 Å². The van der Waals surface area contributed by atoms with Crippen LogP contribution in [0.2, 0.25) is 0 Å². The van der Waals surface area contributed by atoms with Crippen LogP contribution in [0, 0.1) is 0 Å². The van der Waals surface area contributed by atoms with E-state index in [1.54, 1.807) is 10.9 Å². The molecule has 1 aliphatic rings. The molecule has 0 saturated carbocycles. The van der Waals surface area contributed by atoms with Gasteiger partial charge in [-0.1, -0.05) is 0 Å². The predicted molar refractivity (Wildman–Crippen MR) is 32.4 cm³/mol. The Kier molecular flexibility index (Phi) is 1.07. The van der Waals surface area contributed by atoms with Crippen LogP contribution in [0.25, 0.3) is 0 Å². The number of hydrogen-bond acceptors (Lipinski definition) is 3. The monoisotopic (exact) mass is 138 g/mol. The zero-order chi connectivity index (χ0) is 6.97. The third kappa shape index (κ3) is 0.593. The molecule has 0 radical (unpaired) electrons. The summed E-state index contributed by atoms with van der Waals surface area (Å²) in [6.45, 7) is 0.983. The Labute approximate surface area is 57.4 Å². The summed E-state index contributed by atoms with van der Waals surface area (Å²) in [5, 5.41) is 3.93. The average molecular weight is 138 g/mol. The van der Waals surface area contributed by atoms with E-state index in [1.165, 1.54) is 0 Å². The van der Waals surface area contributed by atoms with Crippen LogP contribution < -0.4 is 0 Å². The molecule has 0 bridgehead atoms. The summed E-state index contributed by atoms with van der Waals surface area (Å²) < 4.78 is 6.72. The molecule has 0 aliphatic carbocycles. The van der Waals surface area contributed by atoms with Gasteiger partial charge in [-0.05, 0) is 0 Å². The van der Waals surface area contributed by atoms with Gasteiger partial charge in [-0.3, -0.25) is 4.79 Å². The number of ether oxygens (including phenoxy) is 1. The van der Waals surface area contributed by atoms with Gasteiger partial charge in [0, 0.05) is 0 Å². The number of aromatic nitrogens is 2. The number of carbonyl (C=O) groups excluding carboxylic acids is 1. The van der Waals surface area contributed by atoms with Gasteiger partial charge < -0.3 is 4.74 Å². The lowest BCUT2D eigenvalue weighted by Crippen LogP contribution is -1.94. The Balaban J connectivity index is 2.53. The van der Waals surface area contributed by atoms with Crippen molar-refractivity contribution in [3.63, 3.8) is 0 Å². The van der Waals surface area contributed by atoms with Gasteiger partial charge in [-0.25, -0.2) is 4.68 Å². The molecule has 0 spiro atoms. The molecule has 0 unspecified atom stereocenters. The van der Waals surface area contributed by atoms with E-state index in [0.29, 0.717) is 18.9 Å². The van der Waals surface area contributed by atoms with Crippen LogP contribution in [0.3, 0.4) is 0 Å². The van der Waals surface area contributed by atoms with Crippen LogP contribution in [0.1, 0.15) is 16.1 Å². The van der Waals surface area contributed by atoms with Crippen molar-refractivity contribution < 1.29 is 9.53 Å². The highest BCUT2D eigenvalue weighted by Gasteiger charge is 2.15. The highest BCUT2D eigenvalue weighted by Crippen LogP contribution is 2.13. The number of nitrogens with zero attached hydrogens (tertiary/aromatic N) is 2. The lowest BCUT2D eigenvalue weighted by atomic mass is 10.3. The van der Waals surface area contributed by atoms with Crippen LogP contribution in [0.15, 0.2) is 6.20 Å². The minimum Gasteiger partial charge on any atom is -0.353 e. The highest BCUT2D eigenvalue weighted by molar-refractivity contribution is 5.75. The number of rotatable bonds is 1. The van der Waals surface area contributed by atoms with Crippen molar-refractivity contribution in [1.82, 2.24) is 9.78 Å². The first-order valence-corrected chi connectivity index (χ1v) is 2.99. The number of fused-ring (bicyclic) bond motifs is 1. The van der Waals surface area contributed by atoms with E-state index in [0.717, 1.165) is 12.0 Å². The summed E-state index contributed by atoms with van der Waals surface area (Å²) in [7, 11) is 0. The lowest BCUT2D eigenvalue weighted by molar-refractivity contribution is 0.101. The van der Waals surface area contributed by atoms with Crippen molar-refractivity contribution in [3.8, 4) is 0 Å². The summed E-state index contributed by atoms with van der Waals surface area (Å²) >= 11 is 0. The van der Waals surface area contributed by atoms with Crippen LogP contribution in [0.4, 0.5) is 0 Å². The molecule has 2 heterocycles. The summed E-state index contributed by atoms with van der Waals surface area (Å²) in [4.78, 5) is 10.3. The molecule has 0 atom stereocenters. The summed E-state index contributed by atoms with van der Waals surface area (Å²) in [5.74, 6) is 0. The highest BCUT2D eigenvalue weighted by atomic mass is 16.5. The maximum atomic E-state index is 10.3. The van der Waals surface area contributed by atoms with E-state index in [2.05, 4.69) is 5.10 Å². The van der Waals surface area contributed by atoms with E-state index in [4.69, 9.17) is 4.74 Å². The first-order chi connectivity index (χ1) is 4.92. The molecule has 1 aromatic heterocycles. The minimum absolute atomic E-state index is 0.475. The molecule has 0 aromatic carbocycles. The fourth-order valence-electron chi connectivity index (χ4n) is 1.02. The summed E-state index contributed by atoms with van der Waals surface area (Å²) in [6, 6.07) is 0. The lowest BCUT2D eigenvalue weighted by Gasteiger charge is -1.86. The SMILES string of the molecule is O=Cc1cnn2c1COC2. The van der Waals surface area contributed by atoms with Gasteiger partial charge in [-0.2, -0.15) is 5.10 Å². The topological polar surface area (TPSA) is 44.1 Å². The van der Waals surface area contributed by atoms with Crippen LogP contribution >= 0.6 is 0 Å². The van der Waals surface area contributed by atoms with Gasteiger partial charge in [0.1, 0.15) is 6.73 Å². The zero-order valence-corrected chi connectivity index (χ0v) is 5.28. The molecule has 2 rings (SSSR count). The maximum absolute atomic E-state index is 10.3. The third-order valence-corrected chi connectivity index (χ3v) is 1.56. The molecular weight excluding hydrogens is 132 g/mol. The van der Waals surface area contributed by atoms with Crippen LogP contribution in [0.5, 0.6) is 0 Å². The molecule has 1 aromatic rings. The Bertz CT molecular complexity index is 267. The van der Waals surface area contributed by atoms with Gasteiger partial charge in [-0.15, -0.1) is 0 Å². The Hall–Kier alpha value is -1.16. The molecule has 0 N–H and O–H groups in total. The van der Waals surface area contributed by atoms with Gasteiger partial charge >= 0.3 is 0 Å². The predicted octanol–water partition coefficient (Wildman–Crippen LogP) is 0.183. The molecule has 0 amide bonds. The van der Waals surface area contributed by atoms with E-state index in [1.807, 2.05) is 0 Å². The zero-order valence-electron chi connectivity index (χ0n) is 5.28. The van der Waals surface area contributed by atoms with E-state index in [-0.39, 0.29) is 0 Å². The summed E-state index contributed by atoms with van der Waals surface area (Å²) in [5.41, 5.74) is 1.52. The fraction of sp³-hybridized carbons (Fsp3) is 0.333. The van der Waals surface area contributed by atoms with Crippen molar-refractivity contribution in [3.05, 3.63) is 17.5 Å². The van der Waals surface area contributed by atoms with Crippen molar-refractivity contribution in [2.24, 2.45) is 0 Å². The smallest absolute Gasteiger partial charge is 0.153 e. The van der Waals surface area contributed by atoms with Gasteiger partial charge in [0.15, 0.2) is 6.29 Å². The Morgan fingerprint density at radius 1 is 1.80 bits per heavy atom. The van der Waals surface area contributed by atoms with Crippen LogP contribution in [-0.4, -0.2) is 16.1 Å². The third-order valence-electron chi connectivity index (χ3n) is 1.56. The Morgan fingerprint density at radius 3 is 3.50 bits per heavy atom. The second-order valence-electron chi connectivity index (χ2n) is 2.14. The van der Waals surface area contributed by atoms with E-state index in [9.17, 15) is 4.79 Å². The second-order valence-corrected chi connectivity index (χ2v) is 2.14. The number of hydrogen-bond donors (Lipinski definition) is 0. The first kappa shape index (κ1) is 5.61. The average Bonchev–Trinajstić information content (AvgIpc) is 2.44. The standard InChI is InChI=1S/C6H6N2O2/c9-2-5-1-7-8-4-10-3-6(5)8/h1-2H,3-4H2. The molecule has 10 heavy (non-hydrogen) atoms.